The lowest BCUT2D eigenvalue weighted by atomic mass is 9.89. The van der Waals surface area contributed by atoms with Crippen LogP contribution in [0, 0.1) is 5.41 Å². The van der Waals surface area contributed by atoms with E-state index in [-0.39, 0.29) is 17.9 Å². The summed E-state index contributed by atoms with van der Waals surface area (Å²) in [4.78, 5) is 16.2. The minimum atomic E-state index is -0.560. The number of oxazole rings is 1. The first kappa shape index (κ1) is 18.5. The maximum Gasteiger partial charge on any atom is 0.230 e. The number of carbonyl (C=O) groups is 1. The average Bonchev–Trinajstić information content (AvgIpc) is 3.01. The zero-order valence-corrected chi connectivity index (χ0v) is 15.1. The molecule has 2 aromatic rings. The highest BCUT2D eigenvalue weighted by molar-refractivity contribution is 7.99. The smallest absolute Gasteiger partial charge is 0.230 e. The number of amides is 1. The molecule has 1 aromatic heterocycles. The van der Waals surface area contributed by atoms with Gasteiger partial charge in [-0.3, -0.25) is 4.79 Å². The Morgan fingerprint density at radius 1 is 1.33 bits per heavy atom. The summed E-state index contributed by atoms with van der Waals surface area (Å²) in [7, 11) is 0. The maximum atomic E-state index is 11.8. The second-order valence-corrected chi connectivity index (χ2v) is 7.67. The summed E-state index contributed by atoms with van der Waals surface area (Å²) < 4.78 is 5.47. The molecule has 1 atom stereocenters. The van der Waals surface area contributed by atoms with E-state index in [1.54, 1.807) is 6.26 Å². The van der Waals surface area contributed by atoms with Crippen LogP contribution in [0.5, 0.6) is 0 Å². The van der Waals surface area contributed by atoms with Crippen LogP contribution in [0.15, 0.2) is 41.0 Å². The Hall–Kier alpha value is -1.79. The number of hydrogen-bond donors (Lipinski definition) is 2. The van der Waals surface area contributed by atoms with Gasteiger partial charge in [0.2, 0.25) is 11.8 Å². The largest absolute Gasteiger partial charge is 0.444 e. The summed E-state index contributed by atoms with van der Waals surface area (Å²) in [6.07, 6.45) is 1.06. The summed E-state index contributed by atoms with van der Waals surface area (Å²) in [5, 5.41) is 12.7. The van der Waals surface area contributed by atoms with Gasteiger partial charge in [0.25, 0.3) is 0 Å². The van der Waals surface area contributed by atoms with Gasteiger partial charge in [-0.1, -0.05) is 39.0 Å². The number of benzene rings is 1. The summed E-state index contributed by atoms with van der Waals surface area (Å²) in [6.45, 7) is 6.08. The molecule has 0 saturated carbocycles. The predicted octanol–water partition coefficient (Wildman–Crippen LogP) is 3.10. The highest BCUT2D eigenvalue weighted by Crippen LogP contribution is 2.20. The Morgan fingerprint density at radius 3 is 2.71 bits per heavy atom. The molecule has 0 aliphatic rings. The van der Waals surface area contributed by atoms with Gasteiger partial charge in [0.05, 0.1) is 17.6 Å². The van der Waals surface area contributed by atoms with Crippen molar-refractivity contribution in [2.24, 2.45) is 5.41 Å². The van der Waals surface area contributed by atoms with Crippen molar-refractivity contribution in [3.05, 3.63) is 42.3 Å². The Labute approximate surface area is 146 Å². The zero-order chi connectivity index (χ0) is 17.6. The van der Waals surface area contributed by atoms with Crippen LogP contribution >= 0.6 is 11.8 Å². The lowest BCUT2D eigenvalue weighted by molar-refractivity contribution is -0.119. The average molecular weight is 348 g/mol. The predicted molar refractivity (Wildman–Crippen MR) is 96.6 cm³/mol. The number of aliphatic hydroxyl groups excluding tert-OH is 1. The van der Waals surface area contributed by atoms with Gasteiger partial charge in [-0.25, -0.2) is 4.98 Å². The van der Waals surface area contributed by atoms with E-state index in [4.69, 9.17) is 4.42 Å². The number of thioether (sulfide) groups is 1. The molecule has 1 amide bonds. The van der Waals surface area contributed by atoms with Crippen LogP contribution in [0.4, 0.5) is 0 Å². The van der Waals surface area contributed by atoms with Crippen molar-refractivity contribution in [3.8, 4) is 11.5 Å². The molecule has 130 valence electrons. The van der Waals surface area contributed by atoms with Gasteiger partial charge in [0, 0.05) is 17.9 Å². The number of nitrogens with zero attached hydrogens (tertiary/aromatic N) is 1. The third-order valence-corrected chi connectivity index (χ3v) is 4.51. The first-order valence-corrected chi connectivity index (χ1v) is 9.04. The molecule has 1 heterocycles. The number of rotatable bonds is 7. The van der Waals surface area contributed by atoms with E-state index in [0.717, 1.165) is 11.3 Å². The van der Waals surface area contributed by atoms with Gasteiger partial charge in [0.1, 0.15) is 6.26 Å². The molecule has 0 bridgehead atoms. The summed E-state index contributed by atoms with van der Waals surface area (Å²) in [5.41, 5.74) is 1.50. The highest BCUT2D eigenvalue weighted by atomic mass is 32.2. The Bertz CT molecular complexity index is 650. The van der Waals surface area contributed by atoms with Crippen molar-refractivity contribution in [2.45, 2.75) is 32.6 Å². The second kappa shape index (κ2) is 8.35. The molecule has 24 heavy (non-hydrogen) atoms. The van der Waals surface area contributed by atoms with Gasteiger partial charge in [-0.05, 0) is 17.5 Å². The van der Waals surface area contributed by atoms with Crippen LogP contribution in [0.1, 0.15) is 26.5 Å². The number of hydrogen-bond acceptors (Lipinski definition) is 5. The lowest BCUT2D eigenvalue weighted by Crippen LogP contribution is -2.39. The van der Waals surface area contributed by atoms with Crippen LogP contribution in [0.3, 0.4) is 0 Å². The lowest BCUT2D eigenvalue weighted by Gasteiger charge is -2.25. The molecule has 0 aliphatic heterocycles. The van der Waals surface area contributed by atoms with Gasteiger partial charge < -0.3 is 14.8 Å². The molecule has 5 nitrogen and oxygen atoms in total. The van der Waals surface area contributed by atoms with Crippen LogP contribution in [0.2, 0.25) is 0 Å². The Kier molecular flexibility index (Phi) is 6.45. The fourth-order valence-corrected chi connectivity index (χ4v) is 2.63. The fraction of sp³-hybridized carbons (Fsp3) is 0.444. The third-order valence-electron chi connectivity index (χ3n) is 3.55. The molecule has 0 fully saturated rings. The molecule has 0 saturated heterocycles. The van der Waals surface area contributed by atoms with Crippen molar-refractivity contribution in [2.75, 3.05) is 12.3 Å². The highest BCUT2D eigenvalue weighted by Gasteiger charge is 2.22. The number of nitrogens with one attached hydrogen (secondary N) is 1. The summed E-state index contributed by atoms with van der Waals surface area (Å²) >= 11 is 1.47. The molecule has 0 aliphatic carbocycles. The number of aliphatic hydroxyl groups is 1. The molecule has 2 rings (SSSR count). The summed E-state index contributed by atoms with van der Waals surface area (Å²) in [5.74, 6) is 1.43. The molecule has 6 heteroatoms. The molecule has 0 radical (unpaired) electrons. The molecule has 2 N–H and O–H groups in total. The van der Waals surface area contributed by atoms with Gasteiger partial charge in [-0.2, -0.15) is 0 Å². The first-order chi connectivity index (χ1) is 11.4. The number of carbonyl (C=O) groups excluding carboxylic acids is 1. The normalized spacial score (nSPS) is 12.8. The molecule has 1 unspecified atom stereocenters. The van der Waals surface area contributed by atoms with Crippen LogP contribution < -0.4 is 5.32 Å². The molecular formula is C18H24N2O3S. The van der Waals surface area contributed by atoms with Crippen molar-refractivity contribution in [1.82, 2.24) is 10.3 Å². The van der Waals surface area contributed by atoms with Crippen molar-refractivity contribution in [3.63, 3.8) is 0 Å². The van der Waals surface area contributed by atoms with Crippen molar-refractivity contribution >= 4 is 17.7 Å². The minimum Gasteiger partial charge on any atom is -0.444 e. The zero-order valence-electron chi connectivity index (χ0n) is 14.3. The topological polar surface area (TPSA) is 75.4 Å². The van der Waals surface area contributed by atoms with Gasteiger partial charge in [0.15, 0.2) is 0 Å². The summed E-state index contributed by atoms with van der Waals surface area (Å²) in [6, 6.07) is 9.69. The minimum absolute atomic E-state index is 0.0879. The quantitative estimate of drug-likeness (QED) is 0.804. The maximum absolute atomic E-state index is 11.8. The standard InChI is InChI=1S/C18H24N2O3S/c1-18(2,3)15(21)9-19-16(22)12-24-11-14-10-23-17(20-14)13-7-5-4-6-8-13/h4-8,10,15,21H,9,11-12H2,1-3H3,(H,19,22). The molecule has 1 aromatic carbocycles. The van der Waals surface area contributed by atoms with E-state index in [2.05, 4.69) is 10.3 Å². The number of aromatic nitrogens is 1. The van der Waals surface area contributed by atoms with E-state index < -0.39 is 6.10 Å². The van der Waals surface area contributed by atoms with E-state index in [1.165, 1.54) is 11.8 Å². The van der Waals surface area contributed by atoms with Crippen molar-refractivity contribution in [1.29, 1.82) is 0 Å². The second-order valence-electron chi connectivity index (χ2n) is 6.69. The van der Waals surface area contributed by atoms with Crippen LogP contribution in [0.25, 0.3) is 11.5 Å². The van der Waals surface area contributed by atoms with E-state index >= 15 is 0 Å². The van der Waals surface area contributed by atoms with Gasteiger partial charge in [-0.15, -0.1) is 11.8 Å². The third kappa shape index (κ3) is 5.69. The van der Waals surface area contributed by atoms with E-state index in [0.29, 0.717) is 17.4 Å². The molecular weight excluding hydrogens is 324 g/mol. The molecule has 0 spiro atoms. The van der Waals surface area contributed by atoms with E-state index in [9.17, 15) is 9.90 Å². The fourth-order valence-electron chi connectivity index (χ4n) is 1.90. The first-order valence-electron chi connectivity index (χ1n) is 7.88. The van der Waals surface area contributed by atoms with E-state index in [1.807, 2.05) is 51.1 Å². The Balaban J connectivity index is 1.73. The SMILES string of the molecule is CC(C)(C)C(O)CNC(=O)CSCc1coc(-c2ccccc2)n1. The van der Waals surface area contributed by atoms with Crippen LogP contribution in [-0.2, 0) is 10.5 Å². The monoisotopic (exact) mass is 348 g/mol. The van der Waals surface area contributed by atoms with Crippen LogP contribution in [-0.4, -0.2) is 34.4 Å². The Morgan fingerprint density at radius 2 is 2.04 bits per heavy atom. The van der Waals surface area contributed by atoms with Crippen molar-refractivity contribution < 1.29 is 14.3 Å². The van der Waals surface area contributed by atoms with Gasteiger partial charge >= 0.3 is 0 Å².